The van der Waals surface area contributed by atoms with Gasteiger partial charge < -0.3 is 28.4 Å². The minimum absolute atomic E-state index is 0.138. The molecule has 1 aliphatic heterocycles. The largest absolute Gasteiger partial charge is 0.493 e. The number of rotatable bonds is 7. The Hall–Kier alpha value is -3.54. The second-order valence-electron chi connectivity index (χ2n) is 6.36. The molecule has 4 rings (SSSR count). The Bertz CT molecular complexity index is 1000. The monoisotopic (exact) mass is 394 g/mol. The van der Waals surface area contributed by atoms with Gasteiger partial charge in [-0.3, -0.25) is 0 Å². The minimum Gasteiger partial charge on any atom is -0.493 e. The van der Waals surface area contributed by atoms with Crippen molar-refractivity contribution in [1.82, 2.24) is 0 Å². The van der Waals surface area contributed by atoms with E-state index in [1.807, 2.05) is 54.6 Å². The van der Waals surface area contributed by atoms with Crippen LogP contribution < -0.4 is 28.4 Å². The van der Waals surface area contributed by atoms with Gasteiger partial charge in [-0.2, -0.15) is 0 Å². The summed E-state index contributed by atoms with van der Waals surface area (Å²) in [5.41, 5.74) is 2.66. The molecule has 0 fully saturated rings. The summed E-state index contributed by atoms with van der Waals surface area (Å²) in [5, 5.41) is 0. The molecule has 3 aromatic rings. The van der Waals surface area contributed by atoms with Crippen molar-refractivity contribution < 1.29 is 28.4 Å². The van der Waals surface area contributed by atoms with Gasteiger partial charge in [0.05, 0.1) is 26.9 Å². The Morgan fingerprint density at radius 1 is 0.793 bits per heavy atom. The molecule has 0 atom stereocenters. The summed E-state index contributed by atoms with van der Waals surface area (Å²) in [6.07, 6.45) is 0. The number of benzene rings is 3. The van der Waals surface area contributed by atoms with Gasteiger partial charge in [-0.15, -0.1) is 0 Å². The number of methoxy groups -OCH3 is 3. The normalized spacial score (nSPS) is 11.8. The number of hydrogen-bond donors (Lipinski definition) is 0. The SMILES string of the molecule is COc1ccc(-c2c(OCc3ccccc3)cc3c(c2OC)OCO3)cc1OC. The Kier molecular flexibility index (Phi) is 5.33. The lowest BCUT2D eigenvalue weighted by molar-refractivity contribution is 0.171. The minimum atomic E-state index is 0.138. The fourth-order valence-corrected chi connectivity index (χ4v) is 3.30. The Balaban J connectivity index is 1.82. The van der Waals surface area contributed by atoms with Gasteiger partial charge in [-0.1, -0.05) is 36.4 Å². The zero-order valence-electron chi connectivity index (χ0n) is 16.6. The van der Waals surface area contributed by atoms with Crippen molar-refractivity contribution in [2.75, 3.05) is 28.1 Å². The number of ether oxygens (including phenoxy) is 6. The molecular weight excluding hydrogens is 372 g/mol. The second kappa shape index (κ2) is 8.22. The summed E-state index contributed by atoms with van der Waals surface area (Å²) in [6.45, 7) is 0.545. The van der Waals surface area contributed by atoms with E-state index in [0.717, 1.165) is 16.7 Å². The maximum Gasteiger partial charge on any atom is 0.231 e. The summed E-state index contributed by atoms with van der Waals surface area (Å²) in [5.74, 6) is 3.58. The van der Waals surface area contributed by atoms with Gasteiger partial charge in [-0.25, -0.2) is 0 Å². The summed E-state index contributed by atoms with van der Waals surface area (Å²) in [6, 6.07) is 17.5. The molecule has 0 N–H and O–H groups in total. The zero-order chi connectivity index (χ0) is 20.2. The van der Waals surface area contributed by atoms with Crippen molar-refractivity contribution in [3.8, 4) is 45.6 Å². The highest BCUT2D eigenvalue weighted by Gasteiger charge is 2.27. The molecule has 6 nitrogen and oxygen atoms in total. The van der Waals surface area contributed by atoms with Gasteiger partial charge in [0.1, 0.15) is 12.4 Å². The summed E-state index contributed by atoms with van der Waals surface area (Å²) in [7, 11) is 4.81. The lowest BCUT2D eigenvalue weighted by Gasteiger charge is -2.18. The zero-order valence-corrected chi connectivity index (χ0v) is 16.6. The fourth-order valence-electron chi connectivity index (χ4n) is 3.30. The van der Waals surface area contributed by atoms with Crippen LogP contribution in [0.15, 0.2) is 54.6 Å². The van der Waals surface area contributed by atoms with E-state index < -0.39 is 0 Å². The van der Waals surface area contributed by atoms with Crippen molar-refractivity contribution in [2.24, 2.45) is 0 Å². The third-order valence-electron chi connectivity index (χ3n) is 4.70. The van der Waals surface area contributed by atoms with Gasteiger partial charge in [0, 0.05) is 6.07 Å². The second-order valence-corrected chi connectivity index (χ2v) is 6.36. The molecule has 0 saturated carbocycles. The third-order valence-corrected chi connectivity index (χ3v) is 4.70. The molecule has 6 heteroatoms. The van der Waals surface area contributed by atoms with E-state index in [9.17, 15) is 0 Å². The van der Waals surface area contributed by atoms with E-state index in [2.05, 4.69) is 0 Å². The van der Waals surface area contributed by atoms with Gasteiger partial charge >= 0.3 is 0 Å². The van der Waals surface area contributed by atoms with Crippen molar-refractivity contribution in [3.63, 3.8) is 0 Å². The quantitative estimate of drug-likeness (QED) is 0.580. The molecule has 0 spiro atoms. The Morgan fingerprint density at radius 2 is 1.59 bits per heavy atom. The van der Waals surface area contributed by atoms with Crippen LogP contribution >= 0.6 is 0 Å². The van der Waals surface area contributed by atoms with E-state index in [1.165, 1.54) is 0 Å². The van der Waals surface area contributed by atoms with Crippen LogP contribution in [-0.2, 0) is 6.61 Å². The topological polar surface area (TPSA) is 55.4 Å². The molecule has 1 aliphatic rings. The molecule has 29 heavy (non-hydrogen) atoms. The van der Waals surface area contributed by atoms with E-state index in [1.54, 1.807) is 21.3 Å². The molecule has 1 heterocycles. The van der Waals surface area contributed by atoms with Crippen LogP contribution in [0.1, 0.15) is 5.56 Å². The molecular formula is C23H22O6. The number of fused-ring (bicyclic) bond motifs is 1. The first-order valence-corrected chi connectivity index (χ1v) is 9.15. The van der Waals surface area contributed by atoms with E-state index in [4.69, 9.17) is 28.4 Å². The fraction of sp³-hybridized carbons (Fsp3) is 0.217. The molecule has 0 saturated heterocycles. The van der Waals surface area contributed by atoms with Gasteiger partial charge in [0.2, 0.25) is 12.5 Å². The first-order chi connectivity index (χ1) is 14.2. The average Bonchev–Trinajstić information content (AvgIpc) is 3.25. The molecule has 0 bridgehead atoms. The molecule has 0 unspecified atom stereocenters. The van der Waals surface area contributed by atoms with E-state index >= 15 is 0 Å². The van der Waals surface area contributed by atoms with Crippen LogP contribution in [0.2, 0.25) is 0 Å². The molecule has 3 aromatic carbocycles. The molecule has 0 amide bonds. The Labute approximate surface area is 169 Å². The molecule has 0 aliphatic carbocycles. The third kappa shape index (κ3) is 3.61. The van der Waals surface area contributed by atoms with E-state index in [0.29, 0.717) is 41.1 Å². The highest BCUT2D eigenvalue weighted by molar-refractivity contribution is 5.83. The van der Waals surface area contributed by atoms with E-state index in [-0.39, 0.29) is 6.79 Å². The van der Waals surface area contributed by atoms with Gasteiger partial charge in [0.15, 0.2) is 23.0 Å². The Morgan fingerprint density at radius 3 is 2.31 bits per heavy atom. The standard InChI is InChI=1S/C23H22O6/c1-24-17-10-9-16(11-18(17)25-2)21-19(27-13-15-7-5-4-6-8-15)12-20-22(23(21)26-3)29-14-28-20/h4-12H,13-14H2,1-3H3. The molecule has 150 valence electrons. The first-order valence-electron chi connectivity index (χ1n) is 9.15. The van der Waals surface area contributed by atoms with Crippen LogP contribution in [0.25, 0.3) is 11.1 Å². The summed E-state index contributed by atoms with van der Waals surface area (Å²) in [4.78, 5) is 0. The van der Waals surface area contributed by atoms with Gasteiger partial charge in [-0.05, 0) is 23.3 Å². The lowest BCUT2D eigenvalue weighted by Crippen LogP contribution is -2.00. The predicted molar refractivity (Wildman–Crippen MR) is 108 cm³/mol. The highest BCUT2D eigenvalue weighted by atomic mass is 16.7. The maximum atomic E-state index is 6.19. The van der Waals surface area contributed by atoms with Crippen LogP contribution in [0.3, 0.4) is 0 Å². The van der Waals surface area contributed by atoms with Crippen LogP contribution in [0.4, 0.5) is 0 Å². The lowest BCUT2D eigenvalue weighted by atomic mass is 10.0. The van der Waals surface area contributed by atoms with Crippen LogP contribution in [0, 0.1) is 0 Å². The van der Waals surface area contributed by atoms with Gasteiger partial charge in [0.25, 0.3) is 0 Å². The average molecular weight is 394 g/mol. The van der Waals surface area contributed by atoms with Crippen molar-refractivity contribution >= 4 is 0 Å². The maximum absolute atomic E-state index is 6.19. The smallest absolute Gasteiger partial charge is 0.231 e. The van der Waals surface area contributed by atoms with Crippen LogP contribution in [0.5, 0.6) is 34.5 Å². The number of hydrogen-bond acceptors (Lipinski definition) is 6. The molecule has 0 aromatic heterocycles. The van der Waals surface area contributed by atoms with Crippen molar-refractivity contribution in [1.29, 1.82) is 0 Å². The van der Waals surface area contributed by atoms with Crippen molar-refractivity contribution in [3.05, 3.63) is 60.2 Å². The molecule has 0 radical (unpaired) electrons. The summed E-state index contributed by atoms with van der Waals surface area (Å²) >= 11 is 0. The highest BCUT2D eigenvalue weighted by Crippen LogP contribution is 2.52. The van der Waals surface area contributed by atoms with Crippen LogP contribution in [-0.4, -0.2) is 28.1 Å². The predicted octanol–water partition coefficient (Wildman–Crippen LogP) is 4.69. The van der Waals surface area contributed by atoms with Crippen molar-refractivity contribution in [2.45, 2.75) is 6.61 Å². The summed E-state index contributed by atoms with van der Waals surface area (Å²) < 4.78 is 34.0. The first kappa shape index (κ1) is 18.8.